The Morgan fingerprint density at radius 1 is 0.172 bits per heavy atom. The molecular formula is C4H7O36Si24. The summed E-state index contributed by atoms with van der Waals surface area (Å²) in [4.78, 5) is 0. The van der Waals surface area contributed by atoms with Crippen LogP contribution in [0.25, 0.3) is 0 Å². The molecule has 0 aromatic heterocycles. The van der Waals surface area contributed by atoms with Crippen LogP contribution in [0.4, 0.5) is 0 Å². The maximum absolute atomic E-state index is 6.74. The minimum Gasteiger partial charge on any atom is -0.371 e. The van der Waals surface area contributed by atoms with Crippen LogP contribution in [0.2, 0.25) is 18.1 Å². The summed E-state index contributed by atoms with van der Waals surface area (Å²) in [7, 11) is -70.7. The summed E-state index contributed by atoms with van der Waals surface area (Å²) in [5, 5.41) is 0. The molecule has 60 heteroatoms. The van der Waals surface area contributed by atoms with Crippen LogP contribution in [0.1, 0.15) is 0 Å². The van der Waals surface area contributed by atoms with E-state index in [4.69, 9.17) is 148 Å². The van der Waals surface area contributed by atoms with E-state index in [1.807, 2.05) is 0 Å². The second-order valence-corrected chi connectivity index (χ2v) is 57.7. The molecule has 18 rings (SSSR count). The Hall–Kier alpha value is 3.77. The first-order valence-corrected chi connectivity index (χ1v) is 48.5. The molecule has 0 N–H and O–H groups in total. The molecule has 0 atom stereocenters. The Bertz CT molecular complexity index is 1350. The average Bonchev–Trinajstić information content (AvgIpc) is 3.06. The molecule has 18 saturated heterocycles. The third-order valence-electron chi connectivity index (χ3n) is 8.27. The summed E-state index contributed by atoms with van der Waals surface area (Å²) in [5.74, 6) is -0.949. The van der Waals surface area contributed by atoms with Crippen molar-refractivity contribution in [1.29, 1.82) is 0 Å². The second kappa shape index (κ2) is 18.0. The molecular weight excluding hydrogens is 1300 g/mol. The lowest BCUT2D eigenvalue weighted by Gasteiger charge is -2.48. The summed E-state index contributed by atoms with van der Waals surface area (Å²) in [6, 6.07) is -0.654. The average molecular weight is 1310 g/mol. The van der Waals surface area contributed by atoms with E-state index in [9.17, 15) is 0 Å². The fraction of sp³-hybridized carbons (Fsp3) is 1.00. The SMILES string of the molecule is C(C(C[Si]12O[Si]3O[Si]4O[Si]5O[Si](O3)O[Si](O[Si](O5)O[Si](O4)O1)O2)C[Si]12O[Si]3O[Si]4O[Si]5O[Si](O3)O[Si](O[Si](O5)O[Si](O4)O1)O2)[Si]12O[Si]3O[Si]4O[Si]5O[Si](O3)O[Si](O[Si](O5)O[Si](O4)O1)O2. The predicted molar refractivity (Wildman–Crippen MR) is 195 cm³/mol. The van der Waals surface area contributed by atoms with Gasteiger partial charge in [-0.25, -0.2) is 0 Å². The lowest BCUT2D eigenvalue weighted by Crippen LogP contribution is -2.74. The maximum atomic E-state index is 6.74. The van der Waals surface area contributed by atoms with E-state index in [2.05, 4.69) is 0 Å². The van der Waals surface area contributed by atoms with Crippen LogP contribution in [0, 0.1) is 5.92 Å². The molecule has 18 heterocycles. The monoisotopic (exact) mass is 1300 g/mol. The zero-order valence-electron chi connectivity index (χ0n) is 29.4. The Labute approximate surface area is 395 Å². The van der Waals surface area contributed by atoms with Crippen LogP contribution in [0.5, 0.6) is 0 Å². The van der Waals surface area contributed by atoms with Gasteiger partial charge < -0.3 is 148 Å². The van der Waals surface area contributed by atoms with Crippen molar-refractivity contribution in [2.75, 3.05) is 0 Å². The van der Waals surface area contributed by atoms with Crippen molar-refractivity contribution in [2.45, 2.75) is 18.1 Å². The first-order chi connectivity index (χ1) is 31.2. The smallest absolute Gasteiger partial charge is 0.371 e. The first kappa shape index (κ1) is 45.2. The third kappa shape index (κ3) is 9.35. The van der Waals surface area contributed by atoms with Crippen molar-refractivity contribution in [3.8, 4) is 0 Å². The van der Waals surface area contributed by atoms with Gasteiger partial charge in [0.25, 0.3) is 0 Å². The van der Waals surface area contributed by atoms with Crippen molar-refractivity contribution >= 4 is 226 Å². The fourth-order valence-corrected chi connectivity index (χ4v) is 75.8. The summed E-state index contributed by atoms with van der Waals surface area (Å²) >= 11 is 0. The molecule has 0 aromatic carbocycles. The van der Waals surface area contributed by atoms with Gasteiger partial charge in [-0.1, -0.05) is 0 Å². The van der Waals surface area contributed by atoms with E-state index >= 15 is 0 Å². The fourth-order valence-electron chi connectivity index (χ4n) is 6.13. The van der Waals surface area contributed by atoms with Crippen LogP contribution < -0.4 is 0 Å². The highest BCUT2D eigenvalue weighted by molar-refractivity contribution is 6.90. The molecule has 0 amide bonds. The molecule has 335 valence electrons. The Kier molecular flexibility index (Phi) is 12.7. The molecule has 0 aliphatic carbocycles. The largest absolute Gasteiger partial charge is 0.553 e. The van der Waals surface area contributed by atoms with E-state index < -0.39 is 232 Å². The maximum Gasteiger partial charge on any atom is 0.553 e. The van der Waals surface area contributed by atoms with Crippen molar-refractivity contribution in [1.82, 2.24) is 0 Å². The molecule has 0 saturated carbocycles. The topological polar surface area (TPSA) is 332 Å². The minimum atomic E-state index is -4.39. The van der Waals surface area contributed by atoms with Crippen molar-refractivity contribution in [3.63, 3.8) is 0 Å². The van der Waals surface area contributed by atoms with E-state index in [0.29, 0.717) is 0 Å². The van der Waals surface area contributed by atoms with E-state index in [0.717, 1.165) is 0 Å². The lowest BCUT2D eigenvalue weighted by atomic mass is 10.3. The molecule has 18 aliphatic heterocycles. The normalized spacial score (nSPS) is 36.7. The summed E-state index contributed by atoms with van der Waals surface area (Å²) in [5.41, 5.74) is 0. The molecule has 24 bridgehead atoms. The van der Waals surface area contributed by atoms with Crippen LogP contribution in [-0.2, 0) is 148 Å². The third-order valence-corrected chi connectivity index (χ3v) is 64.7. The highest BCUT2D eigenvalue weighted by Gasteiger charge is 2.72. The molecule has 64 heavy (non-hydrogen) atoms. The van der Waals surface area contributed by atoms with Gasteiger partial charge in [0.2, 0.25) is 0 Å². The summed E-state index contributed by atoms with van der Waals surface area (Å²) in [6.45, 7) is 0. The van der Waals surface area contributed by atoms with Gasteiger partial charge in [0.15, 0.2) is 0 Å². The van der Waals surface area contributed by atoms with Crippen molar-refractivity contribution in [3.05, 3.63) is 0 Å². The predicted octanol–water partition coefficient (Wildman–Crippen LogP) is -10.1. The van der Waals surface area contributed by atoms with Gasteiger partial charge in [0.1, 0.15) is 0 Å². The Balaban J connectivity index is 0.833. The van der Waals surface area contributed by atoms with Gasteiger partial charge in [-0.3, -0.25) is 0 Å². The quantitative estimate of drug-likeness (QED) is 0.223. The van der Waals surface area contributed by atoms with E-state index in [1.54, 1.807) is 0 Å². The number of hydrogen-bond acceptors (Lipinski definition) is 36. The molecule has 18 fully saturated rings. The standard InChI is InChI=1S/C4H7O36Si24/c1(62-32-53-14-44-5-41-6-45(16-53)18-55(34-62)19-46(7-41)17-54(15-44)33-62)4(2-63-35-56-20-47-8-42-9-48(22-56)24-58(37-63)25-49(10-42)23-57(21-47)36-63)3-64-38-59-26-50-11-43-12-51(28-59)30-61(40-64)31-52(13-43)29-60(27-50)39-64/h4H,1-3H2. The number of rotatable bonds is 6. The number of hydrogen-bond donors (Lipinski definition) is 0. The molecule has 36 nitrogen and oxygen atoms in total. The van der Waals surface area contributed by atoms with Crippen molar-refractivity contribution in [2.24, 2.45) is 5.92 Å². The van der Waals surface area contributed by atoms with Gasteiger partial charge in [-0.2, -0.15) is 0 Å². The van der Waals surface area contributed by atoms with Crippen LogP contribution >= 0.6 is 0 Å². The Morgan fingerprint density at radius 2 is 0.281 bits per heavy atom. The van der Waals surface area contributed by atoms with E-state index in [-0.39, 0.29) is 18.1 Å². The molecule has 0 unspecified atom stereocenters. The Morgan fingerprint density at radius 3 is 0.406 bits per heavy atom. The molecule has 0 aromatic rings. The zero-order chi connectivity index (χ0) is 41.8. The molecule has 21 radical (unpaired) electrons. The van der Waals surface area contributed by atoms with E-state index in [1.165, 1.54) is 0 Å². The van der Waals surface area contributed by atoms with Gasteiger partial charge in [0, 0.05) is 18.1 Å². The first-order valence-electron chi connectivity index (χ1n) is 17.0. The summed E-state index contributed by atoms with van der Waals surface area (Å²) in [6.07, 6.45) is 0. The minimum absolute atomic E-state index is 0.218. The molecule has 0 spiro atoms. The summed E-state index contributed by atoms with van der Waals surface area (Å²) < 4.78 is 226. The molecule has 18 aliphatic rings. The van der Waals surface area contributed by atoms with Gasteiger partial charge in [-0.05, 0) is 5.92 Å². The van der Waals surface area contributed by atoms with Gasteiger partial charge in [0.05, 0.1) is 0 Å². The van der Waals surface area contributed by atoms with Gasteiger partial charge in [-0.15, -0.1) is 0 Å². The van der Waals surface area contributed by atoms with Gasteiger partial charge >= 0.3 is 226 Å². The van der Waals surface area contributed by atoms with Crippen LogP contribution in [-0.4, -0.2) is 226 Å². The highest BCUT2D eigenvalue weighted by atomic mass is 28.6. The lowest BCUT2D eigenvalue weighted by molar-refractivity contribution is 0.0282. The van der Waals surface area contributed by atoms with Crippen LogP contribution in [0.15, 0.2) is 0 Å². The van der Waals surface area contributed by atoms with Crippen LogP contribution in [0.3, 0.4) is 0 Å². The zero-order valence-corrected chi connectivity index (χ0v) is 53.4. The highest BCUT2D eigenvalue weighted by Crippen LogP contribution is 2.44. The van der Waals surface area contributed by atoms with Crippen molar-refractivity contribution < 1.29 is 148 Å². The second-order valence-electron chi connectivity index (χ2n) is 12.5.